The lowest BCUT2D eigenvalue weighted by molar-refractivity contribution is 0.603. The number of nitriles is 1. The molecule has 2 rings (SSSR count). The van der Waals surface area contributed by atoms with E-state index in [4.69, 9.17) is 16.9 Å². The standard InChI is InChI=1S/C16H12ClNO2S/c1-12-2-4-13(5-3-12)10-16(11-18)21(19,20)15-8-6-14(17)7-9-15/h2-10H,1H3. The van der Waals surface area contributed by atoms with Gasteiger partial charge < -0.3 is 0 Å². The van der Waals surface area contributed by atoms with Crippen molar-refractivity contribution < 1.29 is 8.42 Å². The molecular weight excluding hydrogens is 306 g/mol. The summed E-state index contributed by atoms with van der Waals surface area (Å²) in [5, 5.41) is 9.61. The van der Waals surface area contributed by atoms with Crippen LogP contribution < -0.4 is 0 Å². The second kappa shape index (κ2) is 6.13. The van der Waals surface area contributed by atoms with Crippen LogP contribution in [-0.4, -0.2) is 8.42 Å². The van der Waals surface area contributed by atoms with E-state index in [-0.39, 0.29) is 9.80 Å². The number of benzene rings is 2. The molecule has 0 N–H and O–H groups in total. The maximum Gasteiger partial charge on any atom is 0.216 e. The van der Waals surface area contributed by atoms with Crippen molar-refractivity contribution in [2.45, 2.75) is 11.8 Å². The minimum Gasteiger partial charge on any atom is -0.218 e. The second-order valence-corrected chi connectivity index (χ2v) is 6.84. The lowest BCUT2D eigenvalue weighted by Crippen LogP contribution is -2.03. The molecule has 0 fully saturated rings. The largest absolute Gasteiger partial charge is 0.218 e. The fraction of sp³-hybridized carbons (Fsp3) is 0.0625. The minimum atomic E-state index is -3.83. The van der Waals surface area contributed by atoms with Gasteiger partial charge in [0.1, 0.15) is 11.0 Å². The summed E-state index contributed by atoms with van der Waals surface area (Å²) in [6.45, 7) is 1.93. The van der Waals surface area contributed by atoms with Crippen LogP contribution >= 0.6 is 11.6 Å². The zero-order valence-electron chi connectivity index (χ0n) is 11.2. The van der Waals surface area contributed by atoms with E-state index < -0.39 is 9.84 Å². The molecule has 106 valence electrons. The van der Waals surface area contributed by atoms with Gasteiger partial charge in [-0.05, 0) is 42.8 Å². The second-order valence-electron chi connectivity index (χ2n) is 4.49. The molecule has 0 radical (unpaired) electrons. The summed E-state index contributed by atoms with van der Waals surface area (Å²) in [5.41, 5.74) is 1.72. The van der Waals surface area contributed by atoms with Crippen LogP contribution in [0.15, 0.2) is 58.3 Å². The van der Waals surface area contributed by atoms with Crippen LogP contribution in [0.25, 0.3) is 6.08 Å². The van der Waals surface area contributed by atoms with E-state index in [0.717, 1.165) is 5.56 Å². The summed E-state index contributed by atoms with van der Waals surface area (Å²) in [6, 6.07) is 14.7. The third-order valence-corrected chi connectivity index (χ3v) is 4.83. The zero-order valence-corrected chi connectivity index (χ0v) is 12.8. The first-order valence-electron chi connectivity index (χ1n) is 6.12. The number of nitrogens with zero attached hydrogens (tertiary/aromatic N) is 1. The van der Waals surface area contributed by atoms with Gasteiger partial charge in [0.15, 0.2) is 0 Å². The molecule has 2 aromatic carbocycles. The van der Waals surface area contributed by atoms with Crippen molar-refractivity contribution in [3.63, 3.8) is 0 Å². The lowest BCUT2D eigenvalue weighted by Gasteiger charge is -2.03. The normalized spacial score (nSPS) is 12.0. The molecule has 5 heteroatoms. The first kappa shape index (κ1) is 15.3. The van der Waals surface area contributed by atoms with Crippen molar-refractivity contribution in [3.05, 3.63) is 69.6 Å². The molecule has 0 aliphatic rings. The summed E-state index contributed by atoms with van der Waals surface area (Å²) in [4.78, 5) is -0.250. The van der Waals surface area contributed by atoms with Gasteiger partial charge in [-0.2, -0.15) is 5.26 Å². The van der Waals surface area contributed by atoms with E-state index in [0.29, 0.717) is 10.6 Å². The Bertz CT molecular complexity index is 814. The van der Waals surface area contributed by atoms with Crippen LogP contribution in [0.4, 0.5) is 0 Å². The number of aryl methyl sites for hydroxylation is 1. The van der Waals surface area contributed by atoms with E-state index in [2.05, 4.69) is 0 Å². The molecule has 0 aliphatic heterocycles. The summed E-state index contributed by atoms with van der Waals surface area (Å²) in [6.07, 6.45) is 1.36. The highest BCUT2D eigenvalue weighted by Crippen LogP contribution is 2.22. The Morgan fingerprint density at radius 2 is 1.67 bits per heavy atom. The molecule has 0 saturated heterocycles. The third-order valence-electron chi connectivity index (χ3n) is 2.90. The summed E-state index contributed by atoms with van der Waals surface area (Å²) in [7, 11) is -3.83. The van der Waals surface area contributed by atoms with E-state index in [1.54, 1.807) is 18.2 Å². The number of hydrogen-bond acceptors (Lipinski definition) is 3. The molecule has 0 heterocycles. The number of halogens is 1. The summed E-state index contributed by atoms with van der Waals surface area (Å²) < 4.78 is 24.8. The van der Waals surface area contributed by atoms with E-state index in [1.165, 1.54) is 30.3 Å². The van der Waals surface area contributed by atoms with Gasteiger partial charge in [0.05, 0.1) is 4.90 Å². The summed E-state index contributed by atoms with van der Waals surface area (Å²) in [5.74, 6) is 0. The number of sulfone groups is 1. The topological polar surface area (TPSA) is 57.9 Å². The zero-order chi connectivity index (χ0) is 15.5. The van der Waals surface area contributed by atoms with E-state index in [1.807, 2.05) is 19.1 Å². The average molecular weight is 318 g/mol. The molecule has 0 spiro atoms. The Morgan fingerprint density at radius 3 is 2.19 bits per heavy atom. The van der Waals surface area contributed by atoms with Crippen molar-refractivity contribution in [3.8, 4) is 6.07 Å². The van der Waals surface area contributed by atoms with Crippen molar-refractivity contribution in [2.75, 3.05) is 0 Å². The first-order chi connectivity index (χ1) is 9.93. The number of hydrogen-bond donors (Lipinski definition) is 0. The van der Waals surface area contributed by atoms with Gasteiger partial charge in [0, 0.05) is 5.02 Å². The number of allylic oxidation sites excluding steroid dienone is 1. The fourth-order valence-electron chi connectivity index (χ4n) is 1.72. The Hall–Kier alpha value is -2.09. The van der Waals surface area contributed by atoms with Crippen LogP contribution in [0.3, 0.4) is 0 Å². The van der Waals surface area contributed by atoms with Gasteiger partial charge in [-0.3, -0.25) is 0 Å². The molecule has 2 aromatic rings. The smallest absolute Gasteiger partial charge is 0.216 e. The van der Waals surface area contributed by atoms with Crippen molar-refractivity contribution >= 4 is 27.5 Å². The van der Waals surface area contributed by atoms with E-state index >= 15 is 0 Å². The fourth-order valence-corrected chi connectivity index (χ4v) is 3.01. The predicted molar refractivity (Wildman–Crippen MR) is 83.4 cm³/mol. The average Bonchev–Trinajstić information content (AvgIpc) is 2.47. The molecule has 0 aromatic heterocycles. The monoisotopic (exact) mass is 317 g/mol. The highest BCUT2D eigenvalue weighted by molar-refractivity contribution is 7.95. The van der Waals surface area contributed by atoms with Crippen LogP contribution in [0.2, 0.25) is 5.02 Å². The Morgan fingerprint density at radius 1 is 1.10 bits per heavy atom. The third kappa shape index (κ3) is 3.52. The SMILES string of the molecule is Cc1ccc(C=C(C#N)S(=O)(=O)c2ccc(Cl)cc2)cc1. The molecular formula is C16H12ClNO2S. The molecule has 21 heavy (non-hydrogen) atoms. The van der Waals surface area contributed by atoms with Crippen molar-refractivity contribution in [1.82, 2.24) is 0 Å². The van der Waals surface area contributed by atoms with Gasteiger partial charge >= 0.3 is 0 Å². The lowest BCUT2D eigenvalue weighted by atomic mass is 10.1. The molecule has 0 atom stereocenters. The molecule has 0 aliphatic carbocycles. The molecule has 0 amide bonds. The highest BCUT2D eigenvalue weighted by Gasteiger charge is 2.20. The summed E-state index contributed by atoms with van der Waals surface area (Å²) >= 11 is 5.75. The van der Waals surface area contributed by atoms with Gasteiger partial charge in [0.2, 0.25) is 9.84 Å². The Balaban J connectivity index is 2.47. The van der Waals surface area contributed by atoms with Crippen LogP contribution in [0.1, 0.15) is 11.1 Å². The maximum absolute atomic E-state index is 12.4. The molecule has 0 bridgehead atoms. The van der Waals surface area contributed by atoms with Gasteiger partial charge in [-0.25, -0.2) is 8.42 Å². The Kier molecular flexibility index (Phi) is 4.46. The van der Waals surface area contributed by atoms with Crippen molar-refractivity contribution in [1.29, 1.82) is 5.26 Å². The van der Waals surface area contributed by atoms with Gasteiger partial charge in [0.25, 0.3) is 0 Å². The molecule has 3 nitrogen and oxygen atoms in total. The molecule has 0 saturated carbocycles. The molecule has 0 unspecified atom stereocenters. The maximum atomic E-state index is 12.4. The Labute approximate surface area is 129 Å². The quantitative estimate of drug-likeness (QED) is 0.804. The minimum absolute atomic E-state index is 0.0480. The van der Waals surface area contributed by atoms with Crippen LogP contribution in [0, 0.1) is 18.3 Å². The predicted octanol–water partition coefficient (Wildman–Crippen LogP) is 3.99. The van der Waals surface area contributed by atoms with Gasteiger partial charge in [-0.15, -0.1) is 0 Å². The van der Waals surface area contributed by atoms with E-state index in [9.17, 15) is 8.42 Å². The van der Waals surface area contributed by atoms with Gasteiger partial charge in [-0.1, -0.05) is 41.4 Å². The van der Waals surface area contributed by atoms with Crippen molar-refractivity contribution in [2.24, 2.45) is 0 Å². The van der Waals surface area contributed by atoms with Crippen LogP contribution in [-0.2, 0) is 9.84 Å². The highest BCUT2D eigenvalue weighted by atomic mass is 35.5. The first-order valence-corrected chi connectivity index (χ1v) is 7.99. The van der Waals surface area contributed by atoms with Crippen LogP contribution in [0.5, 0.6) is 0 Å². The number of rotatable bonds is 3.